The standard InChI is InChI=1S/C20H38O3/c1-3-5-6-13-16-19(23-4-2)17-14-11-9-7-8-10-12-15-18-20(21)22/h11,14,19H,3-10,12-13,15-18H2,1-2H3,(H,21,22)/b14-11+. The highest BCUT2D eigenvalue weighted by molar-refractivity contribution is 5.66. The summed E-state index contributed by atoms with van der Waals surface area (Å²) in [5, 5.41) is 8.56. The average Bonchev–Trinajstić information content (AvgIpc) is 2.52. The highest BCUT2D eigenvalue weighted by Gasteiger charge is 2.05. The first-order chi connectivity index (χ1) is 11.2. The molecule has 3 heteroatoms. The van der Waals surface area contributed by atoms with E-state index in [1.807, 2.05) is 0 Å². The first-order valence-electron chi connectivity index (χ1n) is 9.69. The van der Waals surface area contributed by atoms with Crippen molar-refractivity contribution in [2.24, 2.45) is 0 Å². The molecule has 0 rings (SSSR count). The van der Waals surface area contributed by atoms with Gasteiger partial charge in [0, 0.05) is 13.0 Å². The Morgan fingerprint density at radius 2 is 1.65 bits per heavy atom. The maximum atomic E-state index is 10.4. The lowest BCUT2D eigenvalue weighted by atomic mass is 10.1. The lowest BCUT2D eigenvalue weighted by Crippen LogP contribution is -2.11. The molecule has 0 saturated carbocycles. The molecule has 3 nitrogen and oxygen atoms in total. The van der Waals surface area contributed by atoms with E-state index in [-0.39, 0.29) is 0 Å². The van der Waals surface area contributed by atoms with Gasteiger partial charge in [-0.25, -0.2) is 0 Å². The maximum Gasteiger partial charge on any atom is 0.303 e. The van der Waals surface area contributed by atoms with Gasteiger partial charge in [-0.3, -0.25) is 4.79 Å². The van der Waals surface area contributed by atoms with Crippen molar-refractivity contribution in [2.45, 2.75) is 103 Å². The molecule has 0 bridgehead atoms. The van der Waals surface area contributed by atoms with Gasteiger partial charge in [0.1, 0.15) is 0 Å². The van der Waals surface area contributed by atoms with Crippen LogP contribution >= 0.6 is 0 Å². The Bertz CT molecular complexity index is 287. The predicted octanol–water partition coefficient (Wildman–Crippen LogP) is 6.12. The third-order valence-electron chi connectivity index (χ3n) is 4.11. The summed E-state index contributed by atoms with van der Waals surface area (Å²) in [5.74, 6) is -0.675. The highest BCUT2D eigenvalue weighted by atomic mass is 16.5. The second-order valence-electron chi connectivity index (χ2n) is 6.33. The molecule has 1 atom stereocenters. The zero-order chi connectivity index (χ0) is 17.2. The smallest absolute Gasteiger partial charge is 0.303 e. The normalized spacial score (nSPS) is 12.8. The lowest BCUT2D eigenvalue weighted by Gasteiger charge is -2.14. The summed E-state index contributed by atoms with van der Waals surface area (Å²) in [6.45, 7) is 5.13. The minimum Gasteiger partial charge on any atom is -0.481 e. The van der Waals surface area contributed by atoms with Crippen LogP contribution in [-0.4, -0.2) is 23.8 Å². The lowest BCUT2D eigenvalue weighted by molar-refractivity contribution is -0.137. The molecule has 0 saturated heterocycles. The summed E-state index contributed by atoms with van der Waals surface area (Å²) in [5.41, 5.74) is 0. The predicted molar refractivity (Wildman–Crippen MR) is 97.9 cm³/mol. The summed E-state index contributed by atoms with van der Waals surface area (Å²) in [6, 6.07) is 0. The van der Waals surface area contributed by atoms with E-state index in [1.165, 1.54) is 44.9 Å². The minimum atomic E-state index is -0.675. The average molecular weight is 327 g/mol. The number of aliphatic carboxylic acids is 1. The van der Waals surface area contributed by atoms with Gasteiger partial charge in [0.25, 0.3) is 0 Å². The molecule has 0 aromatic rings. The maximum absolute atomic E-state index is 10.4. The van der Waals surface area contributed by atoms with Crippen molar-refractivity contribution < 1.29 is 14.6 Å². The Kier molecular flexibility index (Phi) is 16.9. The third kappa shape index (κ3) is 17.4. The van der Waals surface area contributed by atoms with Crippen molar-refractivity contribution in [1.29, 1.82) is 0 Å². The molecule has 0 aromatic carbocycles. The summed E-state index contributed by atoms with van der Waals surface area (Å²) < 4.78 is 5.81. The molecule has 0 spiro atoms. The van der Waals surface area contributed by atoms with Crippen molar-refractivity contribution in [3.05, 3.63) is 12.2 Å². The van der Waals surface area contributed by atoms with Crippen LogP contribution in [0, 0.1) is 0 Å². The number of hydrogen-bond donors (Lipinski definition) is 1. The van der Waals surface area contributed by atoms with E-state index in [0.29, 0.717) is 12.5 Å². The van der Waals surface area contributed by atoms with E-state index < -0.39 is 5.97 Å². The second-order valence-corrected chi connectivity index (χ2v) is 6.33. The van der Waals surface area contributed by atoms with Crippen molar-refractivity contribution in [2.75, 3.05) is 6.61 Å². The molecule has 1 unspecified atom stereocenters. The first-order valence-corrected chi connectivity index (χ1v) is 9.69. The fourth-order valence-electron chi connectivity index (χ4n) is 2.74. The Labute approximate surface area is 143 Å². The van der Waals surface area contributed by atoms with E-state index in [1.54, 1.807) is 0 Å². The van der Waals surface area contributed by atoms with Gasteiger partial charge in [-0.05, 0) is 39.0 Å². The van der Waals surface area contributed by atoms with Crippen LogP contribution in [0.5, 0.6) is 0 Å². The van der Waals surface area contributed by atoms with Crippen LogP contribution in [0.1, 0.15) is 97.3 Å². The largest absolute Gasteiger partial charge is 0.481 e. The van der Waals surface area contributed by atoms with Gasteiger partial charge in [0.05, 0.1) is 6.10 Å². The first kappa shape index (κ1) is 22.2. The summed E-state index contributed by atoms with van der Waals surface area (Å²) in [4.78, 5) is 10.4. The number of hydrogen-bond acceptors (Lipinski definition) is 2. The molecular weight excluding hydrogens is 288 g/mol. The van der Waals surface area contributed by atoms with Crippen LogP contribution in [0.3, 0.4) is 0 Å². The molecule has 136 valence electrons. The minimum absolute atomic E-state index is 0.316. The van der Waals surface area contributed by atoms with Gasteiger partial charge in [0.2, 0.25) is 0 Å². The molecule has 1 N–H and O–H groups in total. The van der Waals surface area contributed by atoms with Gasteiger partial charge in [-0.15, -0.1) is 0 Å². The molecule has 0 amide bonds. The molecule has 0 aliphatic heterocycles. The summed E-state index contributed by atoms with van der Waals surface area (Å²) in [7, 11) is 0. The molecule has 0 aliphatic rings. The fourth-order valence-corrected chi connectivity index (χ4v) is 2.74. The Morgan fingerprint density at radius 1 is 0.957 bits per heavy atom. The SMILES string of the molecule is CCCCCCC(C/C=C/CCCCCCCC(=O)O)OCC. The van der Waals surface area contributed by atoms with Crippen LogP contribution in [0.4, 0.5) is 0 Å². The molecule has 0 heterocycles. The van der Waals surface area contributed by atoms with Crippen molar-refractivity contribution in [3.63, 3.8) is 0 Å². The molecular formula is C20H38O3. The van der Waals surface area contributed by atoms with Crippen LogP contribution in [0.15, 0.2) is 12.2 Å². The van der Waals surface area contributed by atoms with Crippen LogP contribution in [0.2, 0.25) is 0 Å². The number of unbranched alkanes of at least 4 members (excludes halogenated alkanes) is 8. The summed E-state index contributed by atoms with van der Waals surface area (Å²) in [6.07, 6.45) is 19.3. The zero-order valence-corrected chi connectivity index (χ0v) is 15.4. The van der Waals surface area contributed by atoms with Crippen LogP contribution in [-0.2, 0) is 9.53 Å². The molecule has 0 aromatic heterocycles. The molecule has 23 heavy (non-hydrogen) atoms. The second kappa shape index (κ2) is 17.5. The van der Waals surface area contributed by atoms with Gasteiger partial charge in [0.15, 0.2) is 0 Å². The highest BCUT2D eigenvalue weighted by Crippen LogP contribution is 2.13. The van der Waals surface area contributed by atoms with Crippen LogP contribution in [0.25, 0.3) is 0 Å². The monoisotopic (exact) mass is 326 g/mol. The number of carboxylic acids is 1. The van der Waals surface area contributed by atoms with Gasteiger partial charge < -0.3 is 9.84 Å². The van der Waals surface area contributed by atoms with Crippen LogP contribution < -0.4 is 0 Å². The Hall–Kier alpha value is -0.830. The number of allylic oxidation sites excluding steroid dienone is 1. The molecule has 0 aliphatic carbocycles. The topological polar surface area (TPSA) is 46.5 Å². The van der Waals surface area contributed by atoms with Gasteiger partial charge in [-0.2, -0.15) is 0 Å². The number of carboxylic acid groups (broad SMARTS) is 1. The van der Waals surface area contributed by atoms with Crippen molar-refractivity contribution in [1.82, 2.24) is 0 Å². The fraction of sp³-hybridized carbons (Fsp3) is 0.850. The Morgan fingerprint density at radius 3 is 2.35 bits per heavy atom. The number of ether oxygens (including phenoxy) is 1. The van der Waals surface area contributed by atoms with E-state index in [0.717, 1.165) is 38.7 Å². The van der Waals surface area contributed by atoms with Gasteiger partial charge in [-0.1, -0.05) is 64.0 Å². The number of rotatable bonds is 17. The summed E-state index contributed by atoms with van der Waals surface area (Å²) >= 11 is 0. The molecule has 0 fully saturated rings. The Balaban J connectivity index is 3.53. The van der Waals surface area contributed by atoms with Crippen molar-refractivity contribution in [3.8, 4) is 0 Å². The van der Waals surface area contributed by atoms with Crippen molar-refractivity contribution >= 4 is 5.97 Å². The quantitative estimate of drug-likeness (QED) is 0.258. The zero-order valence-electron chi connectivity index (χ0n) is 15.4. The van der Waals surface area contributed by atoms with Gasteiger partial charge >= 0.3 is 5.97 Å². The van der Waals surface area contributed by atoms with E-state index in [9.17, 15) is 4.79 Å². The van der Waals surface area contributed by atoms with E-state index in [4.69, 9.17) is 9.84 Å². The van der Waals surface area contributed by atoms with E-state index >= 15 is 0 Å². The third-order valence-corrected chi connectivity index (χ3v) is 4.11. The molecule has 0 radical (unpaired) electrons. The number of carbonyl (C=O) groups is 1. The van der Waals surface area contributed by atoms with E-state index in [2.05, 4.69) is 26.0 Å².